The number of rotatable bonds is 3. The molecule has 1 saturated carbocycles. The first-order valence-electron chi connectivity index (χ1n) is 6.39. The van der Waals surface area contributed by atoms with E-state index in [1.165, 1.54) is 12.8 Å². The van der Waals surface area contributed by atoms with Gasteiger partial charge in [0, 0.05) is 21.5 Å². The molecule has 0 heterocycles. The van der Waals surface area contributed by atoms with Gasteiger partial charge in [-0.15, -0.1) is 0 Å². The number of nitrogens with zero attached hydrogens (tertiary/aromatic N) is 1. The van der Waals surface area contributed by atoms with Crippen molar-refractivity contribution in [1.29, 1.82) is 0 Å². The largest absolute Gasteiger partial charge is 0.336 e. The molecule has 0 aromatic heterocycles. The standard InChI is InChI=1S/C14H17Br2NO/c1-2-17(11-5-3-4-6-11)14(18)12-9-10(15)7-8-13(12)16/h7-9,11H,2-6H2,1H3. The zero-order valence-corrected chi connectivity index (χ0v) is 13.6. The molecule has 0 spiro atoms. The van der Waals surface area contributed by atoms with Crippen LogP contribution < -0.4 is 0 Å². The molecule has 0 N–H and O–H groups in total. The predicted octanol–water partition coefficient (Wildman–Crippen LogP) is 4.62. The average molecular weight is 375 g/mol. The van der Waals surface area contributed by atoms with Gasteiger partial charge in [0.15, 0.2) is 0 Å². The lowest BCUT2D eigenvalue weighted by Gasteiger charge is -2.28. The van der Waals surface area contributed by atoms with Crippen LogP contribution in [0.1, 0.15) is 43.0 Å². The maximum Gasteiger partial charge on any atom is 0.255 e. The van der Waals surface area contributed by atoms with Gasteiger partial charge in [0.2, 0.25) is 0 Å². The third-order valence-corrected chi connectivity index (χ3v) is 4.71. The molecule has 1 aromatic rings. The van der Waals surface area contributed by atoms with Crippen molar-refractivity contribution in [3.05, 3.63) is 32.7 Å². The molecule has 0 atom stereocenters. The summed E-state index contributed by atoms with van der Waals surface area (Å²) < 4.78 is 1.81. The molecule has 1 aliphatic rings. The molecule has 0 radical (unpaired) electrons. The molecule has 0 unspecified atom stereocenters. The molecule has 2 rings (SSSR count). The number of hydrogen-bond acceptors (Lipinski definition) is 1. The second-order valence-corrected chi connectivity index (χ2v) is 6.42. The normalized spacial score (nSPS) is 15.9. The van der Waals surface area contributed by atoms with Gasteiger partial charge in [-0.2, -0.15) is 0 Å². The highest BCUT2D eigenvalue weighted by Gasteiger charge is 2.27. The number of amides is 1. The van der Waals surface area contributed by atoms with E-state index in [1.54, 1.807) is 0 Å². The predicted molar refractivity (Wildman–Crippen MR) is 80.8 cm³/mol. The molecule has 1 amide bonds. The van der Waals surface area contributed by atoms with E-state index in [0.29, 0.717) is 6.04 Å². The van der Waals surface area contributed by atoms with Crippen molar-refractivity contribution >= 4 is 37.8 Å². The quantitative estimate of drug-likeness (QED) is 0.756. The molecule has 0 bridgehead atoms. The molecule has 1 fully saturated rings. The summed E-state index contributed by atoms with van der Waals surface area (Å²) in [5.41, 5.74) is 0.748. The first-order chi connectivity index (χ1) is 8.63. The van der Waals surface area contributed by atoms with Crippen molar-refractivity contribution in [2.24, 2.45) is 0 Å². The van der Waals surface area contributed by atoms with E-state index in [0.717, 1.165) is 33.9 Å². The maximum atomic E-state index is 12.6. The molecule has 0 aliphatic heterocycles. The van der Waals surface area contributed by atoms with Crippen LogP contribution in [0.5, 0.6) is 0 Å². The monoisotopic (exact) mass is 373 g/mol. The summed E-state index contributed by atoms with van der Waals surface area (Å²) in [5, 5.41) is 0. The van der Waals surface area contributed by atoms with Gasteiger partial charge < -0.3 is 4.90 Å². The highest BCUT2D eigenvalue weighted by Crippen LogP contribution is 2.28. The van der Waals surface area contributed by atoms with E-state index in [9.17, 15) is 4.79 Å². The number of carbonyl (C=O) groups excluding carboxylic acids is 1. The van der Waals surface area contributed by atoms with E-state index in [-0.39, 0.29) is 5.91 Å². The Morgan fingerprint density at radius 1 is 1.33 bits per heavy atom. The van der Waals surface area contributed by atoms with Crippen molar-refractivity contribution in [3.8, 4) is 0 Å². The molecule has 18 heavy (non-hydrogen) atoms. The van der Waals surface area contributed by atoms with Crippen molar-refractivity contribution in [1.82, 2.24) is 4.90 Å². The van der Waals surface area contributed by atoms with Gasteiger partial charge in [0.1, 0.15) is 0 Å². The summed E-state index contributed by atoms with van der Waals surface area (Å²) in [6, 6.07) is 6.17. The Morgan fingerprint density at radius 2 is 2.00 bits per heavy atom. The van der Waals surface area contributed by atoms with Crippen LogP contribution in [0.15, 0.2) is 27.1 Å². The minimum Gasteiger partial charge on any atom is -0.336 e. The first kappa shape index (κ1) is 14.1. The van der Waals surface area contributed by atoms with Crippen molar-refractivity contribution < 1.29 is 4.79 Å². The van der Waals surface area contributed by atoms with Gasteiger partial charge in [-0.1, -0.05) is 28.8 Å². The third kappa shape index (κ3) is 2.97. The smallest absolute Gasteiger partial charge is 0.255 e. The fourth-order valence-corrected chi connectivity index (χ4v) is 3.38. The second kappa shape index (κ2) is 6.20. The number of hydrogen-bond donors (Lipinski definition) is 0. The van der Waals surface area contributed by atoms with Gasteiger partial charge in [-0.25, -0.2) is 0 Å². The number of carbonyl (C=O) groups is 1. The first-order valence-corrected chi connectivity index (χ1v) is 7.98. The Kier molecular flexibility index (Phi) is 4.84. The summed E-state index contributed by atoms with van der Waals surface area (Å²) in [7, 11) is 0. The Hall–Kier alpha value is -0.350. The molecule has 2 nitrogen and oxygen atoms in total. The highest BCUT2D eigenvalue weighted by atomic mass is 79.9. The van der Waals surface area contributed by atoms with Crippen LogP contribution in [0.25, 0.3) is 0 Å². The van der Waals surface area contributed by atoms with Gasteiger partial charge in [-0.3, -0.25) is 4.79 Å². The summed E-state index contributed by atoms with van der Waals surface area (Å²) >= 11 is 6.90. The lowest BCUT2D eigenvalue weighted by molar-refractivity contribution is 0.0692. The summed E-state index contributed by atoms with van der Waals surface area (Å²) in [4.78, 5) is 14.6. The van der Waals surface area contributed by atoms with E-state index < -0.39 is 0 Å². The van der Waals surface area contributed by atoms with Crippen LogP contribution in [0.3, 0.4) is 0 Å². The zero-order chi connectivity index (χ0) is 13.1. The van der Waals surface area contributed by atoms with Crippen LogP contribution in [0.4, 0.5) is 0 Å². The molecular formula is C14H17Br2NO. The van der Waals surface area contributed by atoms with E-state index >= 15 is 0 Å². The highest BCUT2D eigenvalue weighted by molar-refractivity contribution is 9.11. The zero-order valence-electron chi connectivity index (χ0n) is 10.5. The van der Waals surface area contributed by atoms with Crippen LogP contribution >= 0.6 is 31.9 Å². The summed E-state index contributed by atoms with van der Waals surface area (Å²) in [6.07, 6.45) is 4.78. The lowest BCUT2D eigenvalue weighted by atomic mass is 10.1. The fraction of sp³-hybridized carbons (Fsp3) is 0.500. The van der Waals surface area contributed by atoms with E-state index in [1.807, 2.05) is 23.1 Å². The van der Waals surface area contributed by atoms with Crippen LogP contribution in [0, 0.1) is 0 Å². The van der Waals surface area contributed by atoms with Crippen molar-refractivity contribution in [2.75, 3.05) is 6.54 Å². The fourth-order valence-electron chi connectivity index (χ4n) is 2.60. The SMILES string of the molecule is CCN(C(=O)c1cc(Br)ccc1Br)C1CCCC1. The molecule has 0 saturated heterocycles. The van der Waals surface area contributed by atoms with Crippen molar-refractivity contribution in [3.63, 3.8) is 0 Å². The summed E-state index contributed by atoms with van der Waals surface area (Å²) in [6.45, 7) is 2.84. The van der Waals surface area contributed by atoms with Crippen LogP contribution in [-0.4, -0.2) is 23.4 Å². The van der Waals surface area contributed by atoms with Gasteiger partial charge in [-0.05, 0) is 53.9 Å². The topological polar surface area (TPSA) is 20.3 Å². The van der Waals surface area contributed by atoms with Gasteiger partial charge in [0.25, 0.3) is 5.91 Å². The Bertz CT molecular complexity index is 441. The second-order valence-electron chi connectivity index (χ2n) is 4.65. The molecule has 1 aliphatic carbocycles. The molecule has 98 valence electrons. The minimum absolute atomic E-state index is 0.137. The third-order valence-electron chi connectivity index (χ3n) is 3.53. The average Bonchev–Trinajstić information content (AvgIpc) is 2.87. The molecule has 4 heteroatoms. The Balaban J connectivity index is 2.25. The minimum atomic E-state index is 0.137. The molecule has 1 aromatic carbocycles. The van der Waals surface area contributed by atoms with E-state index in [4.69, 9.17) is 0 Å². The van der Waals surface area contributed by atoms with Crippen molar-refractivity contribution in [2.45, 2.75) is 38.6 Å². The lowest BCUT2D eigenvalue weighted by Crippen LogP contribution is -2.38. The maximum absolute atomic E-state index is 12.6. The Labute approximate surface area is 125 Å². The number of benzene rings is 1. The Morgan fingerprint density at radius 3 is 2.61 bits per heavy atom. The van der Waals surface area contributed by atoms with Gasteiger partial charge in [0.05, 0.1) is 5.56 Å². The van der Waals surface area contributed by atoms with Crippen LogP contribution in [-0.2, 0) is 0 Å². The van der Waals surface area contributed by atoms with E-state index in [2.05, 4.69) is 38.8 Å². The van der Waals surface area contributed by atoms with Gasteiger partial charge >= 0.3 is 0 Å². The summed E-state index contributed by atoms with van der Waals surface area (Å²) in [5.74, 6) is 0.137. The van der Waals surface area contributed by atoms with Crippen LogP contribution in [0.2, 0.25) is 0 Å². The number of halogens is 2. The molecular weight excluding hydrogens is 358 g/mol.